The van der Waals surface area contributed by atoms with E-state index in [-0.39, 0.29) is 0 Å². The van der Waals surface area contributed by atoms with Gasteiger partial charge in [0.05, 0.1) is 7.11 Å². The van der Waals surface area contributed by atoms with Crippen molar-refractivity contribution in [2.24, 2.45) is 0 Å². The molecule has 1 unspecified atom stereocenters. The molecule has 2 N–H and O–H groups in total. The maximum atomic E-state index is 8.37. The molecule has 0 aromatic carbocycles. The van der Waals surface area contributed by atoms with Crippen LogP contribution in [0.15, 0.2) is 0 Å². The van der Waals surface area contributed by atoms with Crippen molar-refractivity contribution >= 4 is 0 Å². The lowest BCUT2D eigenvalue weighted by Gasteiger charge is -2.12. The van der Waals surface area contributed by atoms with E-state index < -0.39 is 6.23 Å². The monoisotopic (exact) mass is 107 g/mol. The van der Waals surface area contributed by atoms with Crippen molar-refractivity contribution in [3.8, 4) is 0 Å². The van der Waals surface area contributed by atoms with Gasteiger partial charge in [-0.15, -0.1) is 0 Å². The van der Waals surface area contributed by atoms with Crippen molar-refractivity contribution in [3.05, 3.63) is 0 Å². The quantitative estimate of drug-likeness (QED) is 0.371. The Labute approximate surface area is 41.8 Å². The Morgan fingerprint density at radius 2 is 2.14 bits per heavy atom. The number of hydrogen-bond donors (Lipinski definition) is 2. The topological polar surface area (TPSA) is 52.9 Å². The van der Waals surface area contributed by atoms with Crippen LogP contribution in [0.3, 0.4) is 0 Å². The van der Waals surface area contributed by atoms with Gasteiger partial charge in [0, 0.05) is 0 Å². The van der Waals surface area contributed by atoms with Gasteiger partial charge in [0.15, 0.2) is 6.23 Å². The first-order valence-electron chi connectivity index (χ1n) is 1.88. The van der Waals surface area contributed by atoms with Gasteiger partial charge in [-0.05, 0) is 12.2 Å². The zero-order chi connectivity index (χ0) is 5.86. The summed E-state index contributed by atoms with van der Waals surface area (Å²) in [6.07, 6.45) is -0.968. The van der Waals surface area contributed by atoms with Crippen molar-refractivity contribution in [1.29, 1.82) is 0 Å². The zero-order valence-electron chi connectivity index (χ0n) is 4.33. The van der Waals surface area contributed by atoms with Crippen LogP contribution in [0.1, 0.15) is 6.92 Å². The number of aliphatic hydroxyl groups is 1. The third-order valence-electron chi connectivity index (χ3n) is 0.507. The number of aliphatic hydroxyl groups excluding tert-OH is 1. The summed E-state index contributed by atoms with van der Waals surface area (Å²) in [7, 11) is 1.26. The second-order valence-corrected chi connectivity index (χ2v) is 1.12. The van der Waals surface area contributed by atoms with Crippen LogP contribution in [0.2, 0.25) is 0 Å². The first kappa shape index (κ1) is 6.84. The summed E-state index contributed by atoms with van der Waals surface area (Å²) in [6.45, 7) is 1.38. The van der Waals surface area contributed by atoms with Crippen LogP contribution >= 0.6 is 0 Å². The van der Waals surface area contributed by atoms with E-state index >= 15 is 0 Å². The summed E-state index contributed by atoms with van der Waals surface area (Å²) >= 11 is 0. The molecule has 0 saturated heterocycles. The maximum Gasteiger partial charge on any atom is 0.154 e. The highest BCUT2D eigenvalue weighted by molar-refractivity contribution is 4.21. The molecule has 0 aliphatic heterocycles. The largest absolute Gasteiger partial charge is 0.374 e. The molecule has 4 nitrogen and oxygen atoms in total. The van der Waals surface area contributed by atoms with E-state index in [1.54, 1.807) is 0 Å². The summed E-state index contributed by atoms with van der Waals surface area (Å²) in [5, 5.41) is 17.0. The van der Waals surface area contributed by atoms with E-state index in [1.807, 2.05) is 0 Å². The van der Waals surface area contributed by atoms with Crippen LogP contribution in [0, 0.1) is 0 Å². The molecule has 0 radical (unpaired) electrons. The smallest absolute Gasteiger partial charge is 0.154 e. The third kappa shape index (κ3) is 2.52. The maximum absolute atomic E-state index is 8.37. The molecule has 0 heterocycles. The molecule has 0 aliphatic rings. The van der Waals surface area contributed by atoms with Gasteiger partial charge in [0.25, 0.3) is 0 Å². The highest BCUT2D eigenvalue weighted by Crippen LogP contribution is 1.85. The predicted octanol–water partition coefficient (Wildman–Crippen LogP) is -0.423. The Hall–Kier alpha value is -0.160. The predicted molar refractivity (Wildman–Crippen MR) is 22.3 cm³/mol. The first-order valence-corrected chi connectivity index (χ1v) is 1.88. The van der Waals surface area contributed by atoms with Gasteiger partial charge in [-0.2, -0.15) is 0 Å². The Morgan fingerprint density at radius 1 is 1.71 bits per heavy atom. The van der Waals surface area contributed by atoms with E-state index in [2.05, 4.69) is 4.84 Å². The molecule has 44 valence electrons. The molecule has 0 aliphatic carbocycles. The second-order valence-electron chi connectivity index (χ2n) is 1.12. The van der Waals surface area contributed by atoms with Gasteiger partial charge in [-0.25, -0.2) is 0 Å². The fraction of sp³-hybridized carbons (Fsp3) is 1.00. The van der Waals surface area contributed by atoms with Crippen molar-refractivity contribution in [3.63, 3.8) is 0 Å². The number of hydrogen-bond acceptors (Lipinski definition) is 4. The van der Waals surface area contributed by atoms with Crippen LogP contribution < -0.4 is 0 Å². The molecule has 0 aromatic heterocycles. The van der Waals surface area contributed by atoms with Gasteiger partial charge < -0.3 is 5.11 Å². The molecular weight excluding hydrogens is 98.0 g/mol. The van der Waals surface area contributed by atoms with E-state index in [0.29, 0.717) is 5.23 Å². The highest BCUT2D eigenvalue weighted by Gasteiger charge is 2.02. The summed E-state index contributed by atoms with van der Waals surface area (Å²) < 4.78 is 0. The average Bonchev–Trinajstić information content (AvgIpc) is 1.65. The Kier molecular flexibility index (Phi) is 2.86. The molecular formula is C3H9NO3. The van der Waals surface area contributed by atoms with Gasteiger partial charge in [-0.1, -0.05) is 0 Å². The van der Waals surface area contributed by atoms with Gasteiger partial charge in [0.2, 0.25) is 0 Å². The lowest BCUT2D eigenvalue weighted by atomic mass is 10.7. The Balaban J connectivity index is 3.14. The van der Waals surface area contributed by atoms with Crippen LogP contribution in [-0.4, -0.2) is 28.9 Å². The number of rotatable bonds is 2. The Morgan fingerprint density at radius 3 is 2.14 bits per heavy atom. The van der Waals surface area contributed by atoms with Gasteiger partial charge in [0.1, 0.15) is 0 Å². The van der Waals surface area contributed by atoms with E-state index in [9.17, 15) is 0 Å². The zero-order valence-corrected chi connectivity index (χ0v) is 4.33. The molecule has 0 fully saturated rings. The Bertz CT molecular complexity index is 47.4. The minimum Gasteiger partial charge on any atom is -0.374 e. The van der Waals surface area contributed by atoms with Gasteiger partial charge >= 0.3 is 0 Å². The summed E-state index contributed by atoms with van der Waals surface area (Å²) in [5.74, 6) is 0. The lowest BCUT2D eigenvalue weighted by molar-refractivity contribution is -0.380. The van der Waals surface area contributed by atoms with Crippen molar-refractivity contribution in [2.45, 2.75) is 13.2 Å². The van der Waals surface area contributed by atoms with Crippen LogP contribution in [0.25, 0.3) is 0 Å². The van der Waals surface area contributed by atoms with Crippen LogP contribution in [-0.2, 0) is 4.84 Å². The molecule has 0 spiro atoms. The lowest BCUT2D eigenvalue weighted by Crippen LogP contribution is -2.27. The summed E-state index contributed by atoms with van der Waals surface area (Å²) in [6, 6.07) is 0. The van der Waals surface area contributed by atoms with Crippen molar-refractivity contribution in [2.75, 3.05) is 7.11 Å². The second kappa shape index (κ2) is 2.92. The van der Waals surface area contributed by atoms with E-state index in [0.717, 1.165) is 0 Å². The minimum atomic E-state index is -0.968. The first-order chi connectivity index (χ1) is 3.18. The fourth-order valence-corrected chi connectivity index (χ4v) is 0.153. The van der Waals surface area contributed by atoms with E-state index in [1.165, 1.54) is 14.0 Å². The third-order valence-corrected chi connectivity index (χ3v) is 0.507. The molecule has 7 heavy (non-hydrogen) atoms. The standard InChI is InChI=1S/C3H9NO3/c1-3(5)4(6)7-2/h3,5-6H,1-2H3. The van der Waals surface area contributed by atoms with Crippen LogP contribution in [0.4, 0.5) is 0 Å². The highest BCUT2D eigenvalue weighted by atomic mass is 16.9. The average molecular weight is 107 g/mol. The summed E-state index contributed by atoms with van der Waals surface area (Å²) in [4.78, 5) is 4.15. The van der Waals surface area contributed by atoms with Crippen molar-refractivity contribution < 1.29 is 15.2 Å². The molecule has 1 atom stereocenters. The normalized spacial score (nSPS) is 15.0. The number of hydroxylamine groups is 2. The van der Waals surface area contributed by atoms with Gasteiger partial charge in [-0.3, -0.25) is 10.0 Å². The molecule has 0 rings (SSSR count). The molecule has 4 heteroatoms. The molecule has 0 aromatic rings. The number of nitrogens with zero attached hydrogens (tertiary/aromatic N) is 1. The molecule has 0 bridgehead atoms. The molecule has 0 saturated carbocycles. The van der Waals surface area contributed by atoms with Crippen LogP contribution in [0.5, 0.6) is 0 Å². The fourth-order valence-electron chi connectivity index (χ4n) is 0.153. The SMILES string of the molecule is CON(O)C(C)O. The minimum absolute atomic E-state index is 0.347. The molecule has 0 amide bonds. The van der Waals surface area contributed by atoms with E-state index in [4.69, 9.17) is 10.3 Å². The van der Waals surface area contributed by atoms with Crippen molar-refractivity contribution in [1.82, 2.24) is 5.23 Å². The summed E-state index contributed by atoms with van der Waals surface area (Å²) in [5.41, 5.74) is 0.